The lowest BCUT2D eigenvalue weighted by molar-refractivity contribution is -0.158. The number of hydrogen-bond acceptors (Lipinski definition) is 4. The molecule has 6 aliphatic rings. The van der Waals surface area contributed by atoms with Gasteiger partial charge in [-0.3, -0.25) is 14.5 Å². The average molecular weight is 441 g/mol. The molecular formula is C25H32N2O3S. The van der Waals surface area contributed by atoms with Crippen molar-refractivity contribution in [1.82, 2.24) is 4.90 Å². The van der Waals surface area contributed by atoms with Crippen molar-refractivity contribution in [3.8, 4) is 5.75 Å². The number of methoxy groups -OCH3 is 1. The Bertz CT molecular complexity index is 855. The Balaban J connectivity index is 1.19. The largest absolute Gasteiger partial charge is 0.497 e. The Hall–Kier alpha value is -1.69. The van der Waals surface area contributed by atoms with Gasteiger partial charge in [0.25, 0.3) is 0 Å². The van der Waals surface area contributed by atoms with Crippen LogP contribution in [0.3, 0.4) is 0 Å². The van der Waals surface area contributed by atoms with Crippen molar-refractivity contribution in [2.24, 2.45) is 23.2 Å². The average Bonchev–Trinajstić information content (AvgIpc) is 3.08. The van der Waals surface area contributed by atoms with Gasteiger partial charge in [-0.2, -0.15) is 0 Å². The van der Waals surface area contributed by atoms with Crippen LogP contribution in [0.15, 0.2) is 24.3 Å². The number of benzene rings is 1. The zero-order valence-electron chi connectivity index (χ0n) is 18.3. The first-order valence-corrected chi connectivity index (χ1v) is 12.9. The Morgan fingerprint density at radius 3 is 2.13 bits per heavy atom. The molecule has 6 fully saturated rings. The van der Waals surface area contributed by atoms with E-state index in [0.29, 0.717) is 11.7 Å². The summed E-state index contributed by atoms with van der Waals surface area (Å²) in [6, 6.07) is 7.81. The second-order valence-electron chi connectivity index (χ2n) is 10.7. The molecule has 0 N–H and O–H groups in total. The standard InChI is InChI=1S/C25H32N2O3S/c1-30-21-4-2-20(3-5-21)27-22(28)16-31-25(27)6-8-26(9-7-25)23(29)24-13-17-10-18(14-24)12-19(11-17)15-24/h2-5,17-19H,6-16H2,1H3. The Morgan fingerprint density at radius 1 is 1.00 bits per heavy atom. The third kappa shape index (κ3) is 3.12. The second kappa shape index (κ2) is 7.16. The molecule has 2 amide bonds. The minimum absolute atomic E-state index is 0.0619. The van der Waals surface area contributed by atoms with Gasteiger partial charge < -0.3 is 9.64 Å². The molecule has 0 atom stereocenters. The molecular weight excluding hydrogens is 408 g/mol. The van der Waals surface area contributed by atoms with Gasteiger partial charge in [0.15, 0.2) is 0 Å². The fourth-order valence-electron chi connectivity index (χ4n) is 7.80. The van der Waals surface area contributed by atoms with E-state index < -0.39 is 0 Å². The number of anilines is 1. The molecule has 4 aliphatic carbocycles. The quantitative estimate of drug-likeness (QED) is 0.703. The first-order chi connectivity index (χ1) is 15.0. The summed E-state index contributed by atoms with van der Waals surface area (Å²) in [7, 11) is 1.66. The van der Waals surface area contributed by atoms with E-state index in [-0.39, 0.29) is 16.2 Å². The number of rotatable bonds is 3. The summed E-state index contributed by atoms with van der Waals surface area (Å²) in [4.78, 5) is 30.6. The van der Waals surface area contributed by atoms with E-state index in [0.717, 1.165) is 74.4 Å². The van der Waals surface area contributed by atoms with Crippen molar-refractivity contribution in [3.05, 3.63) is 24.3 Å². The molecule has 0 radical (unpaired) electrons. The number of thioether (sulfide) groups is 1. The van der Waals surface area contributed by atoms with Crippen LogP contribution in [0, 0.1) is 23.2 Å². The molecule has 7 rings (SSSR count). The summed E-state index contributed by atoms with van der Waals surface area (Å²) < 4.78 is 5.28. The number of carbonyl (C=O) groups excluding carboxylic acids is 2. The van der Waals surface area contributed by atoms with E-state index >= 15 is 0 Å². The fourth-order valence-corrected chi connectivity index (χ4v) is 9.13. The molecule has 1 aromatic carbocycles. The number of amides is 2. The number of piperidine rings is 1. The highest BCUT2D eigenvalue weighted by molar-refractivity contribution is 8.02. The molecule has 5 nitrogen and oxygen atoms in total. The van der Waals surface area contributed by atoms with E-state index in [1.54, 1.807) is 18.9 Å². The SMILES string of the molecule is COc1ccc(N2C(=O)CSC23CCN(C(=O)C24CC5CC(CC(C5)C2)C4)CC3)cc1. The highest BCUT2D eigenvalue weighted by atomic mass is 32.2. The summed E-state index contributed by atoms with van der Waals surface area (Å²) in [5.41, 5.74) is 0.879. The van der Waals surface area contributed by atoms with Crippen LogP contribution >= 0.6 is 11.8 Å². The number of ether oxygens (including phenoxy) is 1. The molecule has 4 bridgehead atoms. The van der Waals surface area contributed by atoms with E-state index in [4.69, 9.17) is 4.74 Å². The van der Waals surface area contributed by atoms with Crippen molar-refractivity contribution in [1.29, 1.82) is 0 Å². The monoisotopic (exact) mass is 440 g/mol. The van der Waals surface area contributed by atoms with Crippen molar-refractivity contribution < 1.29 is 14.3 Å². The predicted molar refractivity (Wildman–Crippen MR) is 122 cm³/mol. The summed E-state index contributed by atoms with van der Waals surface area (Å²) >= 11 is 1.77. The normalized spacial score (nSPS) is 35.8. The molecule has 31 heavy (non-hydrogen) atoms. The van der Waals surface area contributed by atoms with Crippen molar-refractivity contribution in [3.63, 3.8) is 0 Å². The topological polar surface area (TPSA) is 49.9 Å². The van der Waals surface area contributed by atoms with Crippen LogP contribution in [0.2, 0.25) is 0 Å². The summed E-state index contributed by atoms with van der Waals surface area (Å²) in [6.45, 7) is 1.54. The highest BCUT2D eigenvalue weighted by Gasteiger charge is 2.57. The molecule has 2 heterocycles. The fraction of sp³-hybridized carbons (Fsp3) is 0.680. The molecule has 1 spiro atoms. The minimum Gasteiger partial charge on any atom is -0.497 e. The maximum atomic E-state index is 13.8. The van der Waals surface area contributed by atoms with Crippen LogP contribution in [0.5, 0.6) is 5.75 Å². The number of likely N-dealkylation sites (tertiary alicyclic amines) is 1. The van der Waals surface area contributed by atoms with Gasteiger partial charge in [0, 0.05) is 18.8 Å². The molecule has 2 aliphatic heterocycles. The molecule has 1 aromatic rings. The number of nitrogens with zero attached hydrogens (tertiary/aromatic N) is 2. The van der Waals surface area contributed by atoms with Gasteiger partial charge in [-0.15, -0.1) is 11.8 Å². The zero-order valence-corrected chi connectivity index (χ0v) is 19.2. The van der Waals surface area contributed by atoms with E-state index in [9.17, 15) is 9.59 Å². The highest BCUT2D eigenvalue weighted by Crippen LogP contribution is 2.61. The van der Waals surface area contributed by atoms with Crippen LogP contribution in [-0.2, 0) is 9.59 Å². The van der Waals surface area contributed by atoms with Crippen molar-refractivity contribution >= 4 is 29.3 Å². The first kappa shape index (κ1) is 20.0. The Kier molecular flexibility index (Phi) is 4.61. The maximum Gasteiger partial charge on any atom is 0.238 e. The lowest BCUT2D eigenvalue weighted by Gasteiger charge is -2.57. The molecule has 166 valence electrons. The second-order valence-corrected chi connectivity index (χ2v) is 12.0. The predicted octanol–water partition coefficient (Wildman–Crippen LogP) is 4.31. The number of carbonyl (C=O) groups is 2. The third-order valence-electron chi connectivity index (χ3n) is 8.78. The van der Waals surface area contributed by atoms with Gasteiger partial charge in [0.2, 0.25) is 11.8 Å². The maximum absolute atomic E-state index is 13.8. The summed E-state index contributed by atoms with van der Waals surface area (Å²) in [5.74, 6) is 4.31. The Morgan fingerprint density at radius 2 is 1.58 bits per heavy atom. The summed E-state index contributed by atoms with van der Waals surface area (Å²) in [6.07, 6.45) is 9.20. The Labute approximate surface area is 188 Å². The van der Waals surface area contributed by atoms with Crippen LogP contribution in [0.25, 0.3) is 0 Å². The molecule has 2 saturated heterocycles. The van der Waals surface area contributed by atoms with Crippen molar-refractivity contribution in [2.45, 2.75) is 56.2 Å². The van der Waals surface area contributed by atoms with Crippen LogP contribution in [0.1, 0.15) is 51.4 Å². The van der Waals surface area contributed by atoms with Crippen molar-refractivity contribution in [2.75, 3.05) is 30.9 Å². The molecule has 6 heteroatoms. The van der Waals surface area contributed by atoms with Crippen LogP contribution < -0.4 is 9.64 Å². The molecule has 0 unspecified atom stereocenters. The van der Waals surface area contributed by atoms with Crippen LogP contribution in [0.4, 0.5) is 5.69 Å². The van der Waals surface area contributed by atoms with E-state index in [1.165, 1.54) is 19.3 Å². The lowest BCUT2D eigenvalue weighted by Crippen LogP contribution is -2.58. The minimum atomic E-state index is -0.218. The summed E-state index contributed by atoms with van der Waals surface area (Å²) in [5, 5.41) is 0. The van der Waals surface area contributed by atoms with E-state index in [2.05, 4.69) is 4.90 Å². The third-order valence-corrected chi connectivity index (χ3v) is 10.3. The van der Waals surface area contributed by atoms with Crippen LogP contribution in [-0.4, -0.2) is 47.5 Å². The van der Waals surface area contributed by atoms with Gasteiger partial charge in [0.05, 0.1) is 23.1 Å². The number of hydrogen-bond donors (Lipinski definition) is 0. The van der Waals surface area contributed by atoms with Gasteiger partial charge in [-0.25, -0.2) is 0 Å². The van der Waals surface area contributed by atoms with Gasteiger partial charge in [-0.05, 0) is 93.4 Å². The first-order valence-electron chi connectivity index (χ1n) is 11.9. The smallest absolute Gasteiger partial charge is 0.238 e. The molecule has 4 saturated carbocycles. The zero-order chi connectivity index (χ0) is 21.2. The van der Waals surface area contributed by atoms with E-state index in [1.807, 2.05) is 29.2 Å². The lowest BCUT2D eigenvalue weighted by atomic mass is 9.49. The van der Waals surface area contributed by atoms with Gasteiger partial charge in [0.1, 0.15) is 5.75 Å². The van der Waals surface area contributed by atoms with Gasteiger partial charge >= 0.3 is 0 Å². The molecule has 0 aromatic heterocycles. The van der Waals surface area contributed by atoms with Gasteiger partial charge in [-0.1, -0.05) is 0 Å².